The van der Waals surface area contributed by atoms with Gasteiger partial charge in [0.25, 0.3) is 0 Å². The van der Waals surface area contributed by atoms with Gasteiger partial charge in [-0.05, 0) is 30.5 Å². The number of anilines is 1. The first kappa shape index (κ1) is 18.6. The molecule has 0 aliphatic carbocycles. The zero-order valence-corrected chi connectivity index (χ0v) is 16.3. The molecule has 0 saturated carbocycles. The molecule has 0 spiro atoms. The van der Waals surface area contributed by atoms with Crippen molar-refractivity contribution in [3.8, 4) is 5.75 Å². The van der Waals surface area contributed by atoms with Crippen LogP contribution in [0.2, 0.25) is 0 Å². The summed E-state index contributed by atoms with van der Waals surface area (Å²) in [5.41, 5.74) is 1.94. The van der Waals surface area contributed by atoms with E-state index in [1.807, 2.05) is 7.05 Å². The quantitative estimate of drug-likeness (QED) is 0.652. The Morgan fingerprint density at radius 1 is 1.21 bits per heavy atom. The number of ether oxygens (including phenoxy) is 1. The Hall–Kier alpha value is -2.73. The molecule has 0 N–H and O–H groups in total. The average molecular weight is 380 g/mol. The third-order valence-corrected chi connectivity index (χ3v) is 5.40. The summed E-state index contributed by atoms with van der Waals surface area (Å²) in [6.07, 6.45) is 2.66. The second-order valence-corrected chi connectivity index (χ2v) is 7.46. The fourth-order valence-corrected chi connectivity index (χ4v) is 4.03. The van der Waals surface area contributed by atoms with Gasteiger partial charge in [-0.2, -0.15) is 0 Å². The monoisotopic (exact) mass is 380 g/mol. The van der Waals surface area contributed by atoms with Crippen molar-refractivity contribution in [1.82, 2.24) is 14.9 Å². The molecule has 1 aromatic heterocycles. The second kappa shape index (κ2) is 8.10. The minimum Gasteiger partial charge on any atom is -0.494 e. The normalized spacial score (nSPS) is 17.2. The number of hydrogen-bond donors (Lipinski definition) is 0. The van der Waals surface area contributed by atoms with Crippen molar-refractivity contribution >= 4 is 16.7 Å². The number of halogens is 1. The molecule has 1 aliphatic heterocycles. The number of rotatable bonds is 6. The lowest BCUT2D eigenvalue weighted by molar-refractivity contribution is 0.317. The van der Waals surface area contributed by atoms with Crippen LogP contribution in [0.5, 0.6) is 5.75 Å². The molecule has 1 aliphatic rings. The van der Waals surface area contributed by atoms with Crippen LogP contribution >= 0.6 is 0 Å². The van der Waals surface area contributed by atoms with Gasteiger partial charge in [-0.1, -0.05) is 30.3 Å². The van der Waals surface area contributed by atoms with Crippen molar-refractivity contribution in [2.75, 3.05) is 38.7 Å². The molecule has 0 bridgehead atoms. The molecule has 28 heavy (non-hydrogen) atoms. The Morgan fingerprint density at radius 2 is 2.04 bits per heavy atom. The van der Waals surface area contributed by atoms with Gasteiger partial charge in [0.2, 0.25) is 0 Å². The number of aromatic nitrogens is 2. The molecule has 2 aromatic carbocycles. The SMILES string of the molecule is COc1cc2c(N(C)CC3CCN(Cc4ccccc4)C3)ncnc2cc1F. The van der Waals surface area contributed by atoms with Crippen molar-refractivity contribution in [3.63, 3.8) is 0 Å². The molecule has 2 heterocycles. The highest BCUT2D eigenvalue weighted by atomic mass is 19.1. The summed E-state index contributed by atoms with van der Waals surface area (Å²) < 4.78 is 19.1. The number of nitrogens with zero attached hydrogens (tertiary/aromatic N) is 4. The number of likely N-dealkylation sites (tertiary alicyclic amines) is 1. The first-order valence-corrected chi connectivity index (χ1v) is 9.59. The molecule has 6 heteroatoms. The summed E-state index contributed by atoms with van der Waals surface area (Å²) in [5.74, 6) is 1.19. The van der Waals surface area contributed by atoms with Crippen LogP contribution in [0.1, 0.15) is 12.0 Å². The zero-order chi connectivity index (χ0) is 19.5. The summed E-state index contributed by atoms with van der Waals surface area (Å²) in [4.78, 5) is 13.3. The Labute approximate surface area is 164 Å². The highest BCUT2D eigenvalue weighted by Gasteiger charge is 2.24. The lowest BCUT2D eigenvalue weighted by Gasteiger charge is -2.24. The van der Waals surface area contributed by atoms with E-state index in [0.29, 0.717) is 11.4 Å². The molecule has 1 atom stereocenters. The van der Waals surface area contributed by atoms with E-state index in [0.717, 1.165) is 43.8 Å². The fourth-order valence-electron chi connectivity index (χ4n) is 4.03. The van der Waals surface area contributed by atoms with E-state index in [4.69, 9.17) is 4.74 Å². The van der Waals surface area contributed by atoms with Crippen LogP contribution in [0.15, 0.2) is 48.8 Å². The van der Waals surface area contributed by atoms with Crippen molar-refractivity contribution in [2.45, 2.75) is 13.0 Å². The predicted octanol–water partition coefficient (Wildman–Crippen LogP) is 3.74. The largest absolute Gasteiger partial charge is 0.494 e. The van der Waals surface area contributed by atoms with Crippen LogP contribution in [0.4, 0.5) is 10.2 Å². The fraction of sp³-hybridized carbons (Fsp3) is 0.364. The molecule has 1 unspecified atom stereocenters. The molecular weight excluding hydrogens is 355 g/mol. The van der Waals surface area contributed by atoms with Gasteiger partial charge in [-0.15, -0.1) is 0 Å². The molecular formula is C22H25FN4O. The third-order valence-electron chi connectivity index (χ3n) is 5.40. The Morgan fingerprint density at radius 3 is 2.82 bits per heavy atom. The van der Waals surface area contributed by atoms with Gasteiger partial charge in [0.1, 0.15) is 12.1 Å². The number of fused-ring (bicyclic) bond motifs is 1. The van der Waals surface area contributed by atoms with Gasteiger partial charge in [0.15, 0.2) is 11.6 Å². The van der Waals surface area contributed by atoms with E-state index in [1.54, 1.807) is 6.07 Å². The third kappa shape index (κ3) is 3.92. The van der Waals surface area contributed by atoms with Gasteiger partial charge in [-0.25, -0.2) is 14.4 Å². The lowest BCUT2D eigenvalue weighted by Crippen LogP contribution is -2.28. The molecule has 0 radical (unpaired) electrons. The van der Waals surface area contributed by atoms with E-state index >= 15 is 0 Å². The maximum atomic E-state index is 14.0. The van der Waals surface area contributed by atoms with Crippen LogP contribution < -0.4 is 9.64 Å². The van der Waals surface area contributed by atoms with Crippen molar-refractivity contribution in [2.24, 2.45) is 5.92 Å². The van der Waals surface area contributed by atoms with Crippen LogP contribution in [-0.4, -0.2) is 48.7 Å². The van der Waals surface area contributed by atoms with Crippen LogP contribution in [0.25, 0.3) is 10.9 Å². The summed E-state index contributed by atoms with van der Waals surface area (Å²) in [5, 5.41) is 0.808. The first-order valence-electron chi connectivity index (χ1n) is 9.59. The van der Waals surface area contributed by atoms with Gasteiger partial charge < -0.3 is 9.64 Å². The lowest BCUT2D eigenvalue weighted by atomic mass is 10.1. The van der Waals surface area contributed by atoms with Crippen LogP contribution in [-0.2, 0) is 6.54 Å². The van der Waals surface area contributed by atoms with Crippen molar-refractivity contribution in [1.29, 1.82) is 0 Å². The highest BCUT2D eigenvalue weighted by Crippen LogP contribution is 2.30. The van der Waals surface area contributed by atoms with Crippen LogP contribution in [0, 0.1) is 11.7 Å². The number of benzene rings is 2. The van der Waals surface area contributed by atoms with Gasteiger partial charge in [-0.3, -0.25) is 4.90 Å². The van der Waals surface area contributed by atoms with Gasteiger partial charge in [0, 0.05) is 38.1 Å². The topological polar surface area (TPSA) is 41.5 Å². The summed E-state index contributed by atoms with van der Waals surface area (Å²) in [6, 6.07) is 13.7. The van der Waals surface area contributed by atoms with Crippen molar-refractivity contribution in [3.05, 3.63) is 60.2 Å². The van der Waals surface area contributed by atoms with Gasteiger partial charge in [0.05, 0.1) is 12.6 Å². The van der Waals surface area contributed by atoms with Crippen LogP contribution in [0.3, 0.4) is 0 Å². The summed E-state index contributed by atoms with van der Waals surface area (Å²) in [7, 11) is 3.51. The molecule has 0 amide bonds. The molecule has 146 valence electrons. The molecule has 5 nitrogen and oxygen atoms in total. The first-order chi connectivity index (χ1) is 13.6. The molecule has 1 fully saturated rings. The smallest absolute Gasteiger partial charge is 0.167 e. The van der Waals surface area contributed by atoms with Crippen molar-refractivity contribution < 1.29 is 9.13 Å². The Kier molecular flexibility index (Phi) is 5.39. The van der Waals surface area contributed by atoms with E-state index < -0.39 is 5.82 Å². The Bertz CT molecular complexity index is 950. The molecule has 4 rings (SSSR count). The summed E-state index contributed by atoms with van der Waals surface area (Å²) >= 11 is 0. The second-order valence-electron chi connectivity index (χ2n) is 7.46. The average Bonchev–Trinajstić information content (AvgIpc) is 3.14. The minimum absolute atomic E-state index is 0.215. The molecule has 1 saturated heterocycles. The Balaban J connectivity index is 1.46. The highest BCUT2D eigenvalue weighted by molar-refractivity contribution is 5.90. The van der Waals surface area contributed by atoms with E-state index in [2.05, 4.69) is 50.1 Å². The molecule has 3 aromatic rings. The van der Waals surface area contributed by atoms with E-state index in [1.165, 1.54) is 25.1 Å². The minimum atomic E-state index is -0.408. The predicted molar refractivity (Wildman–Crippen MR) is 109 cm³/mol. The summed E-state index contributed by atoms with van der Waals surface area (Å²) in [6.45, 7) is 4.07. The number of hydrogen-bond acceptors (Lipinski definition) is 5. The number of methoxy groups -OCH3 is 1. The van der Waals surface area contributed by atoms with E-state index in [-0.39, 0.29) is 5.75 Å². The van der Waals surface area contributed by atoms with Gasteiger partial charge >= 0.3 is 0 Å². The zero-order valence-electron chi connectivity index (χ0n) is 16.3. The maximum absolute atomic E-state index is 14.0. The maximum Gasteiger partial charge on any atom is 0.167 e. The van der Waals surface area contributed by atoms with E-state index in [9.17, 15) is 4.39 Å². The standard InChI is InChI=1S/C22H25FN4O/c1-26(12-17-8-9-27(14-17)13-16-6-4-3-5-7-16)22-18-10-21(28-2)19(23)11-20(18)24-15-25-22/h3-7,10-11,15,17H,8-9,12-14H2,1-2H3.